The Kier molecular flexibility index (Phi) is 11.7. The highest BCUT2D eigenvalue weighted by molar-refractivity contribution is 4.45. The second-order valence-electron chi connectivity index (χ2n) is 3.50. The van der Waals surface area contributed by atoms with Gasteiger partial charge in [0, 0.05) is 6.61 Å². The first-order chi connectivity index (χ1) is 7.31. The number of halogens is 1. The SMILES string of the molecule is CCC(C)COCCOCCOCCF. The van der Waals surface area contributed by atoms with Crippen LogP contribution in [0.2, 0.25) is 0 Å². The van der Waals surface area contributed by atoms with Crippen molar-refractivity contribution in [2.45, 2.75) is 20.3 Å². The first-order valence-corrected chi connectivity index (χ1v) is 5.60. The van der Waals surface area contributed by atoms with Crippen molar-refractivity contribution in [3.8, 4) is 0 Å². The van der Waals surface area contributed by atoms with E-state index >= 15 is 0 Å². The Morgan fingerprint density at radius 1 is 0.933 bits per heavy atom. The minimum absolute atomic E-state index is 0.161. The van der Waals surface area contributed by atoms with Crippen LogP contribution in [0.1, 0.15) is 20.3 Å². The molecular formula is C11H23FO3. The zero-order valence-corrected chi connectivity index (χ0v) is 9.84. The molecule has 0 aromatic rings. The van der Waals surface area contributed by atoms with Gasteiger partial charge in [-0.2, -0.15) is 0 Å². The molecule has 0 saturated carbocycles. The lowest BCUT2D eigenvalue weighted by atomic mass is 10.1. The zero-order chi connectivity index (χ0) is 11.4. The maximum atomic E-state index is 11.6. The van der Waals surface area contributed by atoms with E-state index in [1.807, 2.05) is 0 Å². The summed E-state index contributed by atoms with van der Waals surface area (Å²) in [5.41, 5.74) is 0. The molecule has 0 fully saturated rings. The monoisotopic (exact) mass is 222 g/mol. The van der Waals surface area contributed by atoms with Crippen LogP contribution in [0.5, 0.6) is 0 Å². The van der Waals surface area contributed by atoms with Crippen LogP contribution in [0.15, 0.2) is 0 Å². The van der Waals surface area contributed by atoms with Gasteiger partial charge in [-0.15, -0.1) is 0 Å². The summed E-state index contributed by atoms with van der Waals surface area (Å²) in [5, 5.41) is 0. The third kappa shape index (κ3) is 11.7. The minimum atomic E-state index is -0.433. The molecule has 0 spiro atoms. The highest BCUT2D eigenvalue weighted by atomic mass is 19.1. The molecule has 0 amide bonds. The number of hydrogen-bond donors (Lipinski definition) is 0. The molecule has 0 aromatic carbocycles. The molecule has 0 rings (SSSR count). The van der Waals surface area contributed by atoms with E-state index in [2.05, 4.69) is 13.8 Å². The molecule has 0 aliphatic rings. The summed E-state index contributed by atoms with van der Waals surface area (Å²) < 4.78 is 27.1. The van der Waals surface area contributed by atoms with Crippen LogP contribution < -0.4 is 0 Å². The van der Waals surface area contributed by atoms with Crippen LogP contribution in [0.4, 0.5) is 4.39 Å². The Bertz CT molecular complexity index is 122. The van der Waals surface area contributed by atoms with Gasteiger partial charge in [-0.3, -0.25) is 0 Å². The maximum Gasteiger partial charge on any atom is 0.113 e. The van der Waals surface area contributed by atoms with Crippen molar-refractivity contribution in [1.29, 1.82) is 0 Å². The first kappa shape index (κ1) is 14.8. The van der Waals surface area contributed by atoms with Gasteiger partial charge in [-0.1, -0.05) is 20.3 Å². The molecule has 0 aliphatic carbocycles. The Balaban J connectivity index is 2.92. The molecule has 0 aromatic heterocycles. The molecule has 0 saturated heterocycles. The van der Waals surface area contributed by atoms with Crippen LogP contribution in [0, 0.1) is 5.92 Å². The molecule has 92 valence electrons. The van der Waals surface area contributed by atoms with Gasteiger partial charge in [0.25, 0.3) is 0 Å². The smallest absolute Gasteiger partial charge is 0.113 e. The molecule has 1 atom stereocenters. The van der Waals surface area contributed by atoms with Crippen molar-refractivity contribution in [1.82, 2.24) is 0 Å². The zero-order valence-electron chi connectivity index (χ0n) is 9.84. The van der Waals surface area contributed by atoms with E-state index in [1.165, 1.54) is 0 Å². The van der Waals surface area contributed by atoms with Crippen LogP contribution >= 0.6 is 0 Å². The summed E-state index contributed by atoms with van der Waals surface area (Å²) in [6, 6.07) is 0. The van der Waals surface area contributed by atoms with Crippen LogP contribution in [-0.2, 0) is 14.2 Å². The lowest BCUT2D eigenvalue weighted by Gasteiger charge is -2.09. The van der Waals surface area contributed by atoms with E-state index in [-0.39, 0.29) is 6.61 Å². The van der Waals surface area contributed by atoms with Crippen molar-refractivity contribution in [2.75, 3.05) is 46.3 Å². The van der Waals surface area contributed by atoms with Crippen LogP contribution in [-0.4, -0.2) is 46.3 Å². The Labute approximate surface area is 91.9 Å². The van der Waals surface area contributed by atoms with E-state index in [9.17, 15) is 4.39 Å². The third-order valence-corrected chi connectivity index (χ3v) is 2.06. The second kappa shape index (κ2) is 11.9. The van der Waals surface area contributed by atoms with Crippen molar-refractivity contribution in [3.05, 3.63) is 0 Å². The summed E-state index contributed by atoms with van der Waals surface area (Å²) in [6.45, 7) is 6.98. The molecule has 0 bridgehead atoms. The molecule has 1 unspecified atom stereocenters. The largest absolute Gasteiger partial charge is 0.379 e. The van der Waals surface area contributed by atoms with Gasteiger partial charge in [0.05, 0.1) is 33.0 Å². The molecule has 0 heterocycles. The molecular weight excluding hydrogens is 199 g/mol. The fourth-order valence-corrected chi connectivity index (χ4v) is 0.897. The standard InChI is InChI=1S/C11H23FO3/c1-3-11(2)10-15-9-8-14-7-6-13-5-4-12/h11H,3-10H2,1-2H3. The Morgan fingerprint density at radius 2 is 1.47 bits per heavy atom. The van der Waals surface area contributed by atoms with Gasteiger partial charge in [0.2, 0.25) is 0 Å². The number of rotatable bonds is 11. The summed E-state index contributed by atoms with van der Waals surface area (Å²) >= 11 is 0. The molecule has 0 radical (unpaired) electrons. The predicted molar refractivity (Wildman–Crippen MR) is 57.9 cm³/mol. The van der Waals surface area contributed by atoms with Gasteiger partial charge in [0.1, 0.15) is 6.67 Å². The highest BCUT2D eigenvalue weighted by Gasteiger charge is 1.97. The number of alkyl halides is 1. The van der Waals surface area contributed by atoms with Crippen LogP contribution in [0.25, 0.3) is 0 Å². The average molecular weight is 222 g/mol. The molecule has 4 heteroatoms. The Hall–Kier alpha value is -0.190. The van der Waals surface area contributed by atoms with Gasteiger partial charge >= 0.3 is 0 Å². The fraction of sp³-hybridized carbons (Fsp3) is 1.00. The number of ether oxygens (including phenoxy) is 3. The summed E-state index contributed by atoms with van der Waals surface area (Å²) in [4.78, 5) is 0. The van der Waals surface area contributed by atoms with E-state index in [0.29, 0.717) is 32.3 Å². The van der Waals surface area contributed by atoms with E-state index < -0.39 is 6.67 Å². The average Bonchev–Trinajstić information content (AvgIpc) is 2.26. The minimum Gasteiger partial charge on any atom is -0.379 e. The number of hydrogen-bond acceptors (Lipinski definition) is 3. The lowest BCUT2D eigenvalue weighted by Crippen LogP contribution is -2.12. The second-order valence-corrected chi connectivity index (χ2v) is 3.50. The topological polar surface area (TPSA) is 27.7 Å². The molecule has 15 heavy (non-hydrogen) atoms. The van der Waals surface area contributed by atoms with Gasteiger partial charge in [-0.25, -0.2) is 4.39 Å². The predicted octanol–water partition coefficient (Wildman–Crippen LogP) is 2.05. The highest BCUT2D eigenvalue weighted by Crippen LogP contribution is 1.99. The quantitative estimate of drug-likeness (QED) is 0.501. The lowest BCUT2D eigenvalue weighted by molar-refractivity contribution is 0.00645. The van der Waals surface area contributed by atoms with Gasteiger partial charge in [0.15, 0.2) is 0 Å². The molecule has 0 aliphatic heterocycles. The maximum absolute atomic E-state index is 11.6. The van der Waals surface area contributed by atoms with E-state index in [4.69, 9.17) is 14.2 Å². The van der Waals surface area contributed by atoms with Crippen molar-refractivity contribution in [3.63, 3.8) is 0 Å². The Morgan fingerprint density at radius 3 is 2.00 bits per heavy atom. The first-order valence-electron chi connectivity index (χ1n) is 5.60. The van der Waals surface area contributed by atoms with Crippen molar-refractivity contribution >= 4 is 0 Å². The van der Waals surface area contributed by atoms with Crippen molar-refractivity contribution < 1.29 is 18.6 Å². The van der Waals surface area contributed by atoms with Crippen molar-refractivity contribution in [2.24, 2.45) is 5.92 Å². The third-order valence-electron chi connectivity index (χ3n) is 2.06. The summed E-state index contributed by atoms with van der Waals surface area (Å²) in [7, 11) is 0. The van der Waals surface area contributed by atoms with Crippen LogP contribution in [0.3, 0.4) is 0 Å². The summed E-state index contributed by atoms with van der Waals surface area (Å²) in [5.74, 6) is 0.609. The van der Waals surface area contributed by atoms with Gasteiger partial charge < -0.3 is 14.2 Å². The van der Waals surface area contributed by atoms with E-state index in [0.717, 1.165) is 13.0 Å². The molecule has 0 N–H and O–H groups in total. The van der Waals surface area contributed by atoms with E-state index in [1.54, 1.807) is 0 Å². The van der Waals surface area contributed by atoms with Gasteiger partial charge in [-0.05, 0) is 5.92 Å². The fourth-order valence-electron chi connectivity index (χ4n) is 0.897. The summed E-state index contributed by atoms with van der Waals surface area (Å²) in [6.07, 6.45) is 1.14. The molecule has 3 nitrogen and oxygen atoms in total. The normalized spacial score (nSPS) is 13.0.